The van der Waals surface area contributed by atoms with Crippen LogP contribution in [0.15, 0.2) is 48.7 Å². The first-order valence-corrected chi connectivity index (χ1v) is 9.72. The minimum atomic E-state index is -4.41. The van der Waals surface area contributed by atoms with E-state index in [0.29, 0.717) is 32.0 Å². The molecule has 1 aromatic carbocycles. The monoisotopic (exact) mass is 418 g/mol. The van der Waals surface area contributed by atoms with Gasteiger partial charge in [-0.3, -0.25) is 19.4 Å². The lowest BCUT2D eigenvalue weighted by Gasteiger charge is -2.36. The Bertz CT molecular complexity index is 910. The van der Waals surface area contributed by atoms with Crippen LogP contribution < -0.4 is 4.90 Å². The molecule has 9 heteroatoms. The van der Waals surface area contributed by atoms with E-state index in [1.807, 2.05) is 40.1 Å². The Balaban J connectivity index is 1.34. The number of likely N-dealkylation sites (tertiary alicyclic amines) is 1. The second-order valence-electron chi connectivity index (χ2n) is 7.48. The molecule has 1 atom stereocenters. The molecule has 3 heterocycles. The summed E-state index contributed by atoms with van der Waals surface area (Å²) in [5.74, 6) is -0.310. The van der Waals surface area contributed by atoms with Crippen molar-refractivity contribution in [2.24, 2.45) is 0 Å². The van der Waals surface area contributed by atoms with Gasteiger partial charge in [-0.05, 0) is 17.7 Å². The van der Waals surface area contributed by atoms with E-state index in [4.69, 9.17) is 0 Å². The predicted octanol–water partition coefficient (Wildman–Crippen LogP) is 2.72. The highest BCUT2D eigenvalue weighted by Crippen LogP contribution is 2.31. The fourth-order valence-electron chi connectivity index (χ4n) is 3.84. The Labute approximate surface area is 171 Å². The third-order valence-corrected chi connectivity index (χ3v) is 5.56. The summed E-state index contributed by atoms with van der Waals surface area (Å²) in [6.07, 6.45) is -3.39. The lowest BCUT2D eigenvalue weighted by molar-refractivity contribution is -0.141. The number of halogens is 3. The van der Waals surface area contributed by atoms with E-state index < -0.39 is 17.7 Å². The van der Waals surface area contributed by atoms with Crippen molar-refractivity contribution >= 4 is 17.6 Å². The van der Waals surface area contributed by atoms with Crippen molar-refractivity contribution in [3.8, 4) is 0 Å². The predicted molar refractivity (Wildman–Crippen MR) is 104 cm³/mol. The quantitative estimate of drug-likeness (QED) is 0.715. The number of rotatable bonds is 4. The van der Waals surface area contributed by atoms with Crippen LogP contribution in [0, 0.1) is 0 Å². The largest absolute Gasteiger partial charge is 0.417 e. The Morgan fingerprint density at radius 1 is 0.967 bits per heavy atom. The summed E-state index contributed by atoms with van der Waals surface area (Å²) in [4.78, 5) is 34.3. The summed E-state index contributed by atoms with van der Waals surface area (Å²) >= 11 is 0. The highest BCUT2D eigenvalue weighted by Gasteiger charge is 2.40. The Morgan fingerprint density at radius 2 is 1.67 bits per heavy atom. The zero-order valence-electron chi connectivity index (χ0n) is 16.2. The molecule has 2 amide bonds. The van der Waals surface area contributed by atoms with Gasteiger partial charge in [-0.1, -0.05) is 30.3 Å². The number of hydrogen-bond acceptors (Lipinski definition) is 5. The Morgan fingerprint density at radius 3 is 2.27 bits per heavy atom. The normalized spacial score (nSPS) is 20.8. The van der Waals surface area contributed by atoms with Crippen molar-refractivity contribution in [2.75, 3.05) is 37.7 Å². The zero-order valence-corrected chi connectivity index (χ0v) is 16.2. The summed E-state index contributed by atoms with van der Waals surface area (Å²) in [6, 6.07) is 11.7. The third-order valence-electron chi connectivity index (χ3n) is 5.56. The number of piperazine rings is 1. The fraction of sp³-hybridized carbons (Fsp3) is 0.381. The molecule has 2 aromatic rings. The number of carbonyl (C=O) groups is 2. The molecule has 0 N–H and O–H groups in total. The summed E-state index contributed by atoms with van der Waals surface area (Å²) < 4.78 is 38.1. The van der Waals surface area contributed by atoms with E-state index in [-0.39, 0.29) is 24.9 Å². The maximum Gasteiger partial charge on any atom is 0.417 e. The molecule has 158 valence electrons. The molecule has 0 unspecified atom stereocenters. The number of hydrogen-bond donors (Lipinski definition) is 0. The van der Waals surface area contributed by atoms with E-state index in [9.17, 15) is 22.8 Å². The molecule has 30 heavy (non-hydrogen) atoms. The number of imide groups is 1. The van der Waals surface area contributed by atoms with Crippen molar-refractivity contribution in [1.82, 2.24) is 14.8 Å². The molecule has 0 spiro atoms. The molecule has 0 aliphatic carbocycles. The van der Waals surface area contributed by atoms with Gasteiger partial charge in [0.15, 0.2) is 0 Å². The van der Waals surface area contributed by atoms with E-state index in [2.05, 4.69) is 4.98 Å². The van der Waals surface area contributed by atoms with Gasteiger partial charge in [-0.25, -0.2) is 4.98 Å². The van der Waals surface area contributed by atoms with Gasteiger partial charge in [0.1, 0.15) is 5.82 Å². The molecule has 0 radical (unpaired) electrons. The van der Waals surface area contributed by atoms with Crippen molar-refractivity contribution in [1.29, 1.82) is 0 Å². The standard InChI is InChI=1S/C21H21F3N4O2/c22-21(23,24)16-6-7-18(25-13-16)27-10-8-26(9-11-27)14-28-19(29)12-17(20(28)30)15-4-2-1-3-5-15/h1-7,13,17H,8-12,14H2/t17-/m1/s1. The van der Waals surface area contributed by atoms with E-state index in [1.54, 1.807) is 0 Å². The van der Waals surface area contributed by atoms with E-state index >= 15 is 0 Å². The van der Waals surface area contributed by atoms with Crippen LogP contribution in [0.4, 0.5) is 19.0 Å². The van der Waals surface area contributed by atoms with Crippen molar-refractivity contribution in [2.45, 2.75) is 18.5 Å². The van der Waals surface area contributed by atoms with Gasteiger partial charge >= 0.3 is 6.18 Å². The van der Waals surface area contributed by atoms with Crippen LogP contribution in [0.1, 0.15) is 23.5 Å². The van der Waals surface area contributed by atoms with Crippen LogP contribution in [-0.2, 0) is 15.8 Å². The lowest BCUT2D eigenvalue weighted by Crippen LogP contribution is -2.51. The summed E-state index contributed by atoms with van der Waals surface area (Å²) in [7, 11) is 0. The number of aromatic nitrogens is 1. The number of alkyl halides is 3. The number of benzene rings is 1. The molecule has 1 aromatic heterocycles. The fourth-order valence-corrected chi connectivity index (χ4v) is 3.84. The number of carbonyl (C=O) groups excluding carboxylic acids is 2. The first kappa shape index (κ1) is 20.3. The number of amides is 2. The van der Waals surface area contributed by atoms with Gasteiger partial charge in [0.2, 0.25) is 11.8 Å². The molecule has 0 saturated carbocycles. The number of anilines is 1. The Hall–Kier alpha value is -2.94. The molecular weight excluding hydrogens is 397 g/mol. The van der Waals surface area contributed by atoms with Gasteiger partial charge in [0.05, 0.1) is 18.2 Å². The van der Waals surface area contributed by atoms with Gasteiger partial charge in [0, 0.05) is 38.8 Å². The first-order valence-electron chi connectivity index (χ1n) is 9.72. The second-order valence-corrected chi connectivity index (χ2v) is 7.48. The molecular formula is C21H21F3N4O2. The average molecular weight is 418 g/mol. The highest BCUT2D eigenvalue weighted by molar-refractivity contribution is 6.06. The maximum absolute atomic E-state index is 12.8. The van der Waals surface area contributed by atoms with Crippen LogP contribution in [0.25, 0.3) is 0 Å². The molecule has 2 aliphatic rings. The molecule has 2 aliphatic heterocycles. The molecule has 2 fully saturated rings. The first-order chi connectivity index (χ1) is 14.3. The lowest BCUT2D eigenvalue weighted by atomic mass is 9.98. The van der Waals surface area contributed by atoms with Gasteiger partial charge in [0.25, 0.3) is 0 Å². The van der Waals surface area contributed by atoms with Crippen molar-refractivity contribution < 1.29 is 22.8 Å². The molecule has 0 bridgehead atoms. The van der Waals surface area contributed by atoms with Crippen molar-refractivity contribution in [3.05, 3.63) is 59.8 Å². The minimum absolute atomic E-state index is 0.179. The zero-order chi connectivity index (χ0) is 21.3. The minimum Gasteiger partial charge on any atom is -0.354 e. The smallest absolute Gasteiger partial charge is 0.354 e. The number of nitrogens with zero attached hydrogens (tertiary/aromatic N) is 4. The summed E-state index contributed by atoms with van der Waals surface area (Å²) in [5.41, 5.74) is 0.0699. The average Bonchev–Trinajstić information content (AvgIpc) is 3.03. The number of pyridine rings is 1. The van der Waals surface area contributed by atoms with Gasteiger partial charge in [-0.2, -0.15) is 13.2 Å². The summed E-state index contributed by atoms with van der Waals surface area (Å²) in [6.45, 7) is 2.49. The van der Waals surface area contributed by atoms with Crippen molar-refractivity contribution in [3.63, 3.8) is 0 Å². The van der Waals surface area contributed by atoms with Gasteiger partial charge < -0.3 is 4.90 Å². The third kappa shape index (κ3) is 4.16. The van der Waals surface area contributed by atoms with Crippen LogP contribution in [0.3, 0.4) is 0 Å². The highest BCUT2D eigenvalue weighted by atomic mass is 19.4. The van der Waals surface area contributed by atoms with Crippen LogP contribution in [0.5, 0.6) is 0 Å². The Kier molecular flexibility index (Phi) is 5.46. The topological polar surface area (TPSA) is 56.8 Å². The SMILES string of the molecule is O=C1C[C@H](c2ccccc2)C(=O)N1CN1CCN(c2ccc(C(F)(F)F)cn2)CC1. The summed E-state index contributed by atoms with van der Waals surface area (Å²) in [5, 5.41) is 0. The van der Waals surface area contributed by atoms with Crippen LogP contribution >= 0.6 is 0 Å². The van der Waals surface area contributed by atoms with Crippen LogP contribution in [-0.4, -0.2) is 59.4 Å². The molecule has 6 nitrogen and oxygen atoms in total. The molecule has 4 rings (SSSR count). The second kappa shape index (κ2) is 8.06. The van der Waals surface area contributed by atoms with Gasteiger partial charge in [-0.15, -0.1) is 0 Å². The maximum atomic E-state index is 12.8. The van der Waals surface area contributed by atoms with E-state index in [1.165, 1.54) is 11.0 Å². The van der Waals surface area contributed by atoms with Crippen LogP contribution in [0.2, 0.25) is 0 Å². The van der Waals surface area contributed by atoms with E-state index in [0.717, 1.165) is 17.8 Å². The molecule has 2 saturated heterocycles.